The minimum absolute atomic E-state index is 0.117. The van der Waals surface area contributed by atoms with E-state index in [9.17, 15) is 24.3 Å². The van der Waals surface area contributed by atoms with Crippen molar-refractivity contribution in [3.8, 4) is 0 Å². The molecule has 0 aliphatic rings. The quantitative estimate of drug-likeness (QED) is 0.300. The summed E-state index contributed by atoms with van der Waals surface area (Å²) in [6, 6.07) is -1.75. The number of nitrogens with two attached hydrogens (primary N) is 1. The Hall–Kier alpha value is -2.16. The standard InChI is InChI=1S/C17H32N4O5/c1-4-6-7-12(20-13(22)8-9-18)16(24)19-10-14(23)21-15(17(25)26)11(3)5-2/h11-12,15H,4-10,18H2,1-3H3,(H,19,24)(H,20,22)(H,21,23)(H,25,26)/t11-,12-,15-/m0/s1. The van der Waals surface area contributed by atoms with Crippen molar-refractivity contribution in [2.75, 3.05) is 13.1 Å². The highest BCUT2D eigenvalue weighted by Crippen LogP contribution is 2.07. The van der Waals surface area contributed by atoms with Crippen molar-refractivity contribution in [2.24, 2.45) is 11.7 Å². The topological polar surface area (TPSA) is 151 Å². The predicted molar refractivity (Wildman–Crippen MR) is 97.2 cm³/mol. The summed E-state index contributed by atoms with van der Waals surface area (Å²) in [5.41, 5.74) is 5.32. The van der Waals surface area contributed by atoms with Gasteiger partial charge in [-0.25, -0.2) is 4.79 Å². The zero-order chi connectivity index (χ0) is 20.1. The molecular weight excluding hydrogens is 340 g/mol. The smallest absolute Gasteiger partial charge is 0.326 e. The largest absolute Gasteiger partial charge is 0.480 e. The van der Waals surface area contributed by atoms with Gasteiger partial charge in [0, 0.05) is 13.0 Å². The van der Waals surface area contributed by atoms with Gasteiger partial charge in [-0.15, -0.1) is 0 Å². The van der Waals surface area contributed by atoms with Crippen molar-refractivity contribution in [3.05, 3.63) is 0 Å². The summed E-state index contributed by atoms with van der Waals surface area (Å²) in [6.07, 6.45) is 2.75. The number of hydrogen-bond donors (Lipinski definition) is 5. The van der Waals surface area contributed by atoms with Crippen molar-refractivity contribution >= 4 is 23.7 Å². The van der Waals surface area contributed by atoms with Gasteiger partial charge in [0.1, 0.15) is 12.1 Å². The fraction of sp³-hybridized carbons (Fsp3) is 0.765. The Bertz CT molecular complexity index is 484. The summed E-state index contributed by atoms with van der Waals surface area (Å²) < 4.78 is 0. The molecule has 0 aliphatic carbocycles. The van der Waals surface area contributed by atoms with Crippen molar-refractivity contribution in [1.29, 1.82) is 0 Å². The summed E-state index contributed by atoms with van der Waals surface area (Å²) in [4.78, 5) is 47.1. The number of carboxylic acids is 1. The Morgan fingerprint density at radius 2 is 1.73 bits per heavy atom. The minimum Gasteiger partial charge on any atom is -0.480 e. The van der Waals surface area contributed by atoms with Gasteiger partial charge in [0.25, 0.3) is 0 Å². The molecule has 9 heteroatoms. The normalized spacial score (nSPS) is 14.0. The van der Waals surface area contributed by atoms with Crippen LogP contribution in [0.3, 0.4) is 0 Å². The molecule has 0 radical (unpaired) electrons. The molecule has 0 saturated carbocycles. The van der Waals surface area contributed by atoms with Gasteiger partial charge in [-0.2, -0.15) is 0 Å². The predicted octanol–water partition coefficient (Wildman–Crippen LogP) is -0.258. The second-order valence-corrected chi connectivity index (χ2v) is 6.29. The Labute approximate surface area is 154 Å². The van der Waals surface area contributed by atoms with Crippen molar-refractivity contribution in [2.45, 2.75) is 65.0 Å². The molecule has 0 fully saturated rings. The van der Waals surface area contributed by atoms with E-state index in [-0.39, 0.29) is 31.3 Å². The highest BCUT2D eigenvalue weighted by molar-refractivity contribution is 5.91. The van der Waals surface area contributed by atoms with Gasteiger partial charge in [0.05, 0.1) is 6.54 Å². The number of amides is 3. The Morgan fingerprint density at radius 3 is 2.23 bits per heavy atom. The van der Waals surface area contributed by atoms with Crippen LogP contribution in [0.15, 0.2) is 0 Å². The molecule has 9 nitrogen and oxygen atoms in total. The van der Waals surface area contributed by atoms with Crippen LogP contribution in [0.1, 0.15) is 52.9 Å². The van der Waals surface area contributed by atoms with Crippen LogP contribution < -0.4 is 21.7 Å². The van der Waals surface area contributed by atoms with Gasteiger partial charge < -0.3 is 26.8 Å². The molecule has 0 aromatic rings. The lowest BCUT2D eigenvalue weighted by atomic mass is 9.99. The van der Waals surface area contributed by atoms with Crippen LogP contribution >= 0.6 is 0 Å². The molecule has 0 aromatic carbocycles. The third kappa shape index (κ3) is 9.36. The van der Waals surface area contributed by atoms with E-state index < -0.39 is 29.9 Å². The molecule has 0 aromatic heterocycles. The SMILES string of the molecule is CCCC[C@H](NC(=O)CCN)C(=O)NCC(=O)N[C@H](C(=O)O)[C@@H](C)CC. The van der Waals surface area contributed by atoms with Gasteiger partial charge in [-0.1, -0.05) is 40.0 Å². The first-order valence-electron chi connectivity index (χ1n) is 9.06. The number of carbonyl (C=O) groups excluding carboxylic acids is 3. The van der Waals surface area contributed by atoms with Crippen LogP contribution in [-0.2, 0) is 19.2 Å². The van der Waals surface area contributed by atoms with E-state index in [1.165, 1.54) is 0 Å². The zero-order valence-electron chi connectivity index (χ0n) is 15.8. The van der Waals surface area contributed by atoms with Crippen LogP contribution in [0.5, 0.6) is 0 Å². The number of carboxylic acid groups (broad SMARTS) is 1. The maximum absolute atomic E-state index is 12.2. The van der Waals surface area contributed by atoms with Gasteiger partial charge >= 0.3 is 5.97 Å². The maximum Gasteiger partial charge on any atom is 0.326 e. The highest BCUT2D eigenvalue weighted by atomic mass is 16.4. The van der Waals surface area contributed by atoms with Crippen molar-refractivity contribution < 1.29 is 24.3 Å². The summed E-state index contributed by atoms with van der Waals surface area (Å²) >= 11 is 0. The van der Waals surface area contributed by atoms with Crippen molar-refractivity contribution in [3.63, 3.8) is 0 Å². The van der Waals surface area contributed by atoms with Crippen LogP contribution in [-0.4, -0.2) is 54.0 Å². The minimum atomic E-state index is -1.12. The fourth-order valence-corrected chi connectivity index (χ4v) is 2.27. The number of nitrogens with one attached hydrogen (secondary N) is 3. The highest BCUT2D eigenvalue weighted by Gasteiger charge is 2.26. The van der Waals surface area contributed by atoms with E-state index >= 15 is 0 Å². The molecular formula is C17H32N4O5. The summed E-state index contributed by atoms with van der Waals surface area (Å²) in [5, 5.41) is 16.6. The van der Waals surface area contributed by atoms with Gasteiger partial charge in [0.15, 0.2) is 0 Å². The van der Waals surface area contributed by atoms with E-state index in [1.807, 2.05) is 13.8 Å². The van der Waals surface area contributed by atoms with Gasteiger partial charge in [-0.05, 0) is 12.3 Å². The van der Waals surface area contributed by atoms with Gasteiger partial charge in [0.2, 0.25) is 17.7 Å². The maximum atomic E-state index is 12.2. The second kappa shape index (κ2) is 13.1. The fourth-order valence-electron chi connectivity index (χ4n) is 2.27. The van der Waals surface area contributed by atoms with Crippen LogP contribution in [0.2, 0.25) is 0 Å². The van der Waals surface area contributed by atoms with E-state index in [0.29, 0.717) is 12.8 Å². The third-order valence-corrected chi connectivity index (χ3v) is 4.09. The van der Waals surface area contributed by atoms with E-state index in [1.54, 1.807) is 6.92 Å². The molecule has 3 atom stereocenters. The molecule has 0 rings (SSSR count). The first-order valence-corrected chi connectivity index (χ1v) is 9.06. The van der Waals surface area contributed by atoms with E-state index in [2.05, 4.69) is 16.0 Å². The molecule has 0 saturated heterocycles. The number of rotatable bonds is 13. The summed E-state index contributed by atoms with van der Waals surface area (Å²) in [6.45, 7) is 5.35. The number of unbranched alkanes of at least 4 members (excludes halogenated alkanes) is 1. The first kappa shape index (κ1) is 23.8. The summed E-state index contributed by atoms with van der Waals surface area (Å²) in [7, 11) is 0. The van der Waals surface area contributed by atoms with E-state index in [4.69, 9.17) is 5.73 Å². The number of hydrogen-bond acceptors (Lipinski definition) is 5. The van der Waals surface area contributed by atoms with Gasteiger partial charge in [-0.3, -0.25) is 14.4 Å². The third-order valence-electron chi connectivity index (χ3n) is 4.09. The lowest BCUT2D eigenvalue weighted by Gasteiger charge is -2.21. The van der Waals surface area contributed by atoms with Crippen LogP contribution in [0.25, 0.3) is 0 Å². The molecule has 6 N–H and O–H groups in total. The monoisotopic (exact) mass is 372 g/mol. The molecule has 26 heavy (non-hydrogen) atoms. The molecule has 0 bridgehead atoms. The summed E-state index contributed by atoms with van der Waals surface area (Å²) in [5.74, 6) is -2.74. The van der Waals surface area contributed by atoms with Crippen LogP contribution in [0, 0.1) is 5.92 Å². The Balaban J connectivity index is 4.65. The molecule has 0 aliphatic heterocycles. The Morgan fingerprint density at radius 1 is 1.08 bits per heavy atom. The first-order chi connectivity index (χ1) is 12.3. The number of aliphatic carboxylic acids is 1. The molecule has 150 valence electrons. The molecule has 0 unspecified atom stereocenters. The van der Waals surface area contributed by atoms with Crippen molar-refractivity contribution in [1.82, 2.24) is 16.0 Å². The average molecular weight is 372 g/mol. The van der Waals surface area contributed by atoms with Crippen LogP contribution in [0.4, 0.5) is 0 Å². The second-order valence-electron chi connectivity index (χ2n) is 6.29. The Kier molecular flexibility index (Phi) is 12.0. The van der Waals surface area contributed by atoms with E-state index in [0.717, 1.165) is 12.8 Å². The lowest BCUT2D eigenvalue weighted by molar-refractivity contribution is -0.143. The zero-order valence-corrected chi connectivity index (χ0v) is 15.8. The molecule has 3 amide bonds. The molecule has 0 spiro atoms. The molecule has 0 heterocycles. The average Bonchev–Trinajstić information content (AvgIpc) is 2.60. The lowest BCUT2D eigenvalue weighted by Crippen LogP contribution is -2.52. The number of carbonyl (C=O) groups is 4.